The van der Waals surface area contributed by atoms with E-state index in [1.807, 2.05) is 77.8 Å². The highest BCUT2D eigenvalue weighted by Gasteiger charge is 2.23. The van der Waals surface area contributed by atoms with Crippen molar-refractivity contribution >= 4 is 22.7 Å². The first-order chi connectivity index (χ1) is 18.8. The third kappa shape index (κ3) is 7.36. The van der Waals surface area contributed by atoms with E-state index in [9.17, 15) is 9.59 Å². The molecule has 204 valence electrons. The average Bonchev–Trinajstić information content (AvgIpc) is 3.36. The van der Waals surface area contributed by atoms with Gasteiger partial charge in [-0.1, -0.05) is 81.4 Å². The summed E-state index contributed by atoms with van der Waals surface area (Å²) in [6.45, 7) is 8.14. The number of methoxy groups -OCH3 is 1. The first-order valence-electron chi connectivity index (χ1n) is 13.5. The third-order valence-electron chi connectivity index (χ3n) is 7.07. The Morgan fingerprint density at radius 2 is 1.54 bits per heavy atom. The number of para-hydroxylation sites is 1. The minimum absolute atomic E-state index is 0.00396. The lowest BCUT2D eigenvalue weighted by molar-refractivity contribution is -0.132. The van der Waals surface area contributed by atoms with Gasteiger partial charge in [-0.2, -0.15) is 0 Å². The summed E-state index contributed by atoms with van der Waals surface area (Å²) in [5, 5.41) is 1.17. The van der Waals surface area contributed by atoms with E-state index in [2.05, 4.69) is 37.9 Å². The molecule has 6 heteroatoms. The van der Waals surface area contributed by atoms with Crippen LogP contribution in [-0.4, -0.2) is 59.9 Å². The number of hydrogen-bond acceptors (Lipinski definition) is 3. The Balaban J connectivity index is 1.52. The minimum Gasteiger partial charge on any atom is -0.383 e. The summed E-state index contributed by atoms with van der Waals surface area (Å²) in [4.78, 5) is 34.0. The molecule has 6 nitrogen and oxygen atoms in total. The van der Waals surface area contributed by atoms with Gasteiger partial charge in [-0.25, -0.2) is 0 Å². The maximum Gasteiger partial charge on any atom is 0.254 e. The van der Waals surface area contributed by atoms with E-state index in [1.54, 1.807) is 12.0 Å². The number of carbonyl (C=O) groups excluding carboxylic acids is 2. The fraction of sp³-hybridized carbons (Fsp3) is 0.333. The number of ether oxygens (including phenoxy) is 1. The molecule has 0 bridgehead atoms. The number of benzene rings is 3. The van der Waals surface area contributed by atoms with Gasteiger partial charge in [-0.3, -0.25) is 9.59 Å². The van der Waals surface area contributed by atoms with Crippen molar-refractivity contribution in [2.45, 2.75) is 39.2 Å². The van der Waals surface area contributed by atoms with Crippen molar-refractivity contribution in [1.82, 2.24) is 14.8 Å². The van der Waals surface area contributed by atoms with Gasteiger partial charge in [0.2, 0.25) is 5.91 Å². The van der Waals surface area contributed by atoms with Crippen LogP contribution >= 0.6 is 0 Å². The molecule has 39 heavy (non-hydrogen) atoms. The zero-order valence-corrected chi connectivity index (χ0v) is 23.4. The van der Waals surface area contributed by atoms with Crippen LogP contribution in [0.25, 0.3) is 10.9 Å². The molecule has 0 unspecified atom stereocenters. The maximum atomic E-state index is 13.7. The van der Waals surface area contributed by atoms with Crippen molar-refractivity contribution in [3.8, 4) is 0 Å². The van der Waals surface area contributed by atoms with Crippen molar-refractivity contribution in [3.05, 3.63) is 107 Å². The van der Waals surface area contributed by atoms with Crippen LogP contribution in [0.2, 0.25) is 0 Å². The molecule has 0 atom stereocenters. The summed E-state index contributed by atoms with van der Waals surface area (Å²) in [5.41, 5.74) is 5.03. The largest absolute Gasteiger partial charge is 0.383 e. The Hall–Kier alpha value is -3.90. The number of carbonyl (C=O) groups is 2. The first kappa shape index (κ1) is 28.1. The first-order valence-corrected chi connectivity index (χ1v) is 13.5. The molecule has 0 saturated heterocycles. The maximum absolute atomic E-state index is 13.7. The van der Waals surface area contributed by atoms with E-state index in [0.717, 1.165) is 16.6 Å². The van der Waals surface area contributed by atoms with Crippen LogP contribution in [0.3, 0.4) is 0 Å². The zero-order valence-electron chi connectivity index (χ0n) is 23.4. The van der Waals surface area contributed by atoms with Crippen molar-refractivity contribution in [3.63, 3.8) is 0 Å². The predicted molar refractivity (Wildman–Crippen MR) is 157 cm³/mol. The number of hydrogen-bond donors (Lipinski definition) is 1. The van der Waals surface area contributed by atoms with Crippen molar-refractivity contribution < 1.29 is 14.3 Å². The monoisotopic (exact) mass is 525 g/mol. The van der Waals surface area contributed by atoms with Crippen LogP contribution in [0.15, 0.2) is 85.1 Å². The van der Waals surface area contributed by atoms with Crippen LogP contribution in [0.5, 0.6) is 0 Å². The second-order valence-corrected chi connectivity index (χ2v) is 11.0. The molecule has 0 aliphatic heterocycles. The van der Waals surface area contributed by atoms with E-state index in [-0.39, 0.29) is 23.8 Å². The van der Waals surface area contributed by atoms with Gasteiger partial charge in [0.25, 0.3) is 5.91 Å². The average molecular weight is 526 g/mol. The van der Waals surface area contributed by atoms with Crippen molar-refractivity contribution in [2.24, 2.45) is 0 Å². The number of fused-ring (bicyclic) bond motifs is 1. The Morgan fingerprint density at radius 1 is 0.846 bits per heavy atom. The predicted octanol–water partition coefficient (Wildman–Crippen LogP) is 5.83. The molecule has 2 amide bonds. The molecular formula is C33H39N3O3. The molecule has 0 aliphatic carbocycles. The van der Waals surface area contributed by atoms with Crippen LogP contribution in [-0.2, 0) is 27.9 Å². The highest BCUT2D eigenvalue weighted by atomic mass is 16.5. The quantitative estimate of drug-likeness (QED) is 0.268. The normalized spacial score (nSPS) is 11.5. The van der Waals surface area contributed by atoms with Crippen LogP contribution < -0.4 is 0 Å². The fourth-order valence-electron chi connectivity index (χ4n) is 4.70. The molecule has 1 aromatic heterocycles. The van der Waals surface area contributed by atoms with Gasteiger partial charge in [-0.15, -0.1) is 0 Å². The molecule has 3 aromatic carbocycles. The highest BCUT2D eigenvalue weighted by Crippen LogP contribution is 2.23. The van der Waals surface area contributed by atoms with E-state index >= 15 is 0 Å². The van der Waals surface area contributed by atoms with Crippen molar-refractivity contribution in [2.75, 3.05) is 33.4 Å². The molecule has 4 aromatic rings. The molecular weight excluding hydrogens is 486 g/mol. The van der Waals surface area contributed by atoms with Gasteiger partial charge >= 0.3 is 0 Å². The van der Waals surface area contributed by atoms with Crippen LogP contribution in [0, 0.1) is 0 Å². The fourth-order valence-corrected chi connectivity index (χ4v) is 4.70. The smallest absolute Gasteiger partial charge is 0.254 e. The lowest BCUT2D eigenvalue weighted by Gasteiger charge is -2.28. The minimum atomic E-state index is -0.169. The molecule has 0 spiro atoms. The SMILES string of the molecule is COCCN(CC(=O)N(CCc1c[nH]c2ccccc12)Cc1ccccc1)C(=O)c1ccc(C(C)(C)C)cc1. The standard InChI is InChI=1S/C33H39N3O3/c1-33(2,3)28-16-14-26(15-17-28)32(38)36(20-21-39-4)24-31(37)35(23-25-10-6-5-7-11-25)19-18-27-22-34-30-13-9-8-12-29(27)30/h5-17,22,34H,18-21,23-24H2,1-4H3. The third-order valence-corrected chi connectivity index (χ3v) is 7.07. The number of amides is 2. The van der Waals surface area contributed by atoms with E-state index in [1.165, 1.54) is 10.9 Å². The van der Waals surface area contributed by atoms with Crippen LogP contribution in [0.1, 0.15) is 47.8 Å². The summed E-state index contributed by atoms with van der Waals surface area (Å²) in [7, 11) is 1.60. The second-order valence-electron chi connectivity index (χ2n) is 11.0. The number of nitrogens with zero attached hydrogens (tertiary/aromatic N) is 2. The van der Waals surface area contributed by atoms with E-state index < -0.39 is 0 Å². The number of aromatic amines is 1. The Labute approximate surface area is 231 Å². The molecule has 0 saturated carbocycles. The van der Waals surface area contributed by atoms with E-state index in [0.29, 0.717) is 38.2 Å². The summed E-state index contributed by atoms with van der Waals surface area (Å²) in [6, 6.07) is 25.9. The van der Waals surface area contributed by atoms with Gasteiger partial charge < -0.3 is 19.5 Å². The topological polar surface area (TPSA) is 65.6 Å². The summed E-state index contributed by atoms with van der Waals surface area (Å²) < 4.78 is 5.27. The molecule has 0 radical (unpaired) electrons. The molecule has 1 N–H and O–H groups in total. The van der Waals surface area contributed by atoms with Gasteiger partial charge in [0, 0.05) is 49.4 Å². The highest BCUT2D eigenvalue weighted by molar-refractivity contribution is 5.96. The van der Waals surface area contributed by atoms with Gasteiger partial charge in [0.15, 0.2) is 0 Å². The second kappa shape index (κ2) is 12.8. The zero-order chi connectivity index (χ0) is 27.8. The summed E-state index contributed by atoms with van der Waals surface area (Å²) >= 11 is 0. The number of nitrogens with one attached hydrogen (secondary N) is 1. The van der Waals surface area contributed by atoms with Gasteiger partial charge in [-0.05, 0) is 46.7 Å². The number of aromatic nitrogens is 1. The van der Waals surface area contributed by atoms with Gasteiger partial charge in [0.05, 0.1) is 6.61 Å². The van der Waals surface area contributed by atoms with Gasteiger partial charge in [0.1, 0.15) is 6.54 Å². The van der Waals surface area contributed by atoms with E-state index in [4.69, 9.17) is 4.74 Å². The molecule has 0 aliphatic rings. The number of H-pyrrole nitrogens is 1. The Bertz CT molecular complexity index is 1370. The summed E-state index contributed by atoms with van der Waals surface area (Å²) in [5.74, 6) is -0.258. The number of rotatable bonds is 11. The molecule has 1 heterocycles. The van der Waals surface area contributed by atoms with Crippen molar-refractivity contribution in [1.29, 1.82) is 0 Å². The lowest BCUT2D eigenvalue weighted by Crippen LogP contribution is -2.44. The lowest BCUT2D eigenvalue weighted by atomic mass is 9.86. The Morgan fingerprint density at radius 3 is 2.23 bits per heavy atom. The molecule has 4 rings (SSSR count). The Kier molecular flexibility index (Phi) is 9.20. The summed E-state index contributed by atoms with van der Waals surface area (Å²) in [6.07, 6.45) is 2.73. The van der Waals surface area contributed by atoms with Crippen LogP contribution in [0.4, 0.5) is 0 Å². The molecule has 0 fully saturated rings.